The van der Waals surface area contributed by atoms with Gasteiger partial charge in [-0.05, 0) is 34.2 Å². The largest absolute Gasteiger partial charge is 0.224 e. The predicted octanol–water partition coefficient (Wildman–Crippen LogP) is 4.67. The SMILES string of the molecule is CC(C)(C)C(CBr)CS(=O)(=O)c1ccc2ccccc2c1. The summed E-state index contributed by atoms with van der Waals surface area (Å²) in [4.78, 5) is 0.413. The molecule has 0 aliphatic rings. The van der Waals surface area contributed by atoms with E-state index in [4.69, 9.17) is 0 Å². The van der Waals surface area contributed by atoms with Gasteiger partial charge < -0.3 is 0 Å². The van der Waals surface area contributed by atoms with Gasteiger partial charge in [-0.3, -0.25) is 0 Å². The van der Waals surface area contributed by atoms with E-state index in [1.807, 2.05) is 30.3 Å². The van der Waals surface area contributed by atoms with Crippen molar-refractivity contribution in [3.8, 4) is 0 Å². The van der Waals surface area contributed by atoms with E-state index in [2.05, 4.69) is 36.7 Å². The van der Waals surface area contributed by atoms with E-state index >= 15 is 0 Å². The fraction of sp³-hybridized carbons (Fsp3) is 0.412. The maximum absolute atomic E-state index is 12.7. The molecule has 0 aliphatic heterocycles. The molecule has 0 aromatic heterocycles. The fourth-order valence-corrected chi connectivity index (χ4v) is 5.67. The van der Waals surface area contributed by atoms with E-state index in [9.17, 15) is 8.42 Å². The molecule has 0 fully saturated rings. The van der Waals surface area contributed by atoms with Crippen LogP contribution in [0.15, 0.2) is 47.4 Å². The smallest absolute Gasteiger partial charge is 0.178 e. The molecule has 2 aromatic carbocycles. The van der Waals surface area contributed by atoms with Crippen molar-refractivity contribution < 1.29 is 8.42 Å². The molecular formula is C17H21BrO2S. The van der Waals surface area contributed by atoms with Crippen LogP contribution in [0, 0.1) is 11.3 Å². The van der Waals surface area contributed by atoms with Crippen LogP contribution in [0.2, 0.25) is 0 Å². The highest BCUT2D eigenvalue weighted by Crippen LogP contribution is 2.31. The van der Waals surface area contributed by atoms with Gasteiger partial charge in [0.25, 0.3) is 0 Å². The summed E-state index contributed by atoms with van der Waals surface area (Å²) in [5, 5.41) is 2.71. The lowest BCUT2D eigenvalue weighted by atomic mass is 9.83. The third kappa shape index (κ3) is 3.86. The van der Waals surface area contributed by atoms with Gasteiger partial charge in [0.05, 0.1) is 10.6 Å². The third-order valence-electron chi connectivity index (χ3n) is 3.91. The molecule has 0 N–H and O–H groups in total. The van der Waals surface area contributed by atoms with Crippen molar-refractivity contribution in [2.75, 3.05) is 11.1 Å². The zero-order chi connectivity index (χ0) is 15.7. The van der Waals surface area contributed by atoms with Crippen molar-refractivity contribution in [3.05, 3.63) is 42.5 Å². The molecule has 0 saturated carbocycles. The molecule has 114 valence electrons. The van der Waals surface area contributed by atoms with Crippen LogP contribution >= 0.6 is 15.9 Å². The Hall–Kier alpha value is -0.870. The molecule has 0 saturated heterocycles. The Morgan fingerprint density at radius 3 is 2.24 bits per heavy atom. The van der Waals surface area contributed by atoms with E-state index in [-0.39, 0.29) is 17.1 Å². The van der Waals surface area contributed by atoms with Crippen molar-refractivity contribution >= 4 is 36.5 Å². The fourth-order valence-electron chi connectivity index (χ4n) is 2.25. The molecule has 0 aliphatic carbocycles. The maximum atomic E-state index is 12.7. The lowest BCUT2D eigenvalue weighted by Gasteiger charge is -2.28. The van der Waals surface area contributed by atoms with Gasteiger partial charge in [0.15, 0.2) is 9.84 Å². The van der Waals surface area contributed by atoms with E-state index in [1.54, 1.807) is 12.1 Å². The first-order chi connectivity index (χ1) is 9.74. The summed E-state index contributed by atoms with van der Waals surface area (Å²) in [7, 11) is -3.28. The Bertz CT molecular complexity index is 730. The topological polar surface area (TPSA) is 34.1 Å². The van der Waals surface area contributed by atoms with Crippen molar-refractivity contribution in [1.82, 2.24) is 0 Å². The molecule has 2 nitrogen and oxygen atoms in total. The molecule has 0 radical (unpaired) electrons. The highest BCUT2D eigenvalue weighted by molar-refractivity contribution is 9.09. The summed E-state index contributed by atoms with van der Waals surface area (Å²) in [5.74, 6) is 0.245. The Labute approximate surface area is 135 Å². The van der Waals surface area contributed by atoms with Crippen LogP contribution in [-0.2, 0) is 9.84 Å². The normalized spacial score (nSPS) is 14.3. The quantitative estimate of drug-likeness (QED) is 0.734. The number of rotatable bonds is 4. The molecule has 21 heavy (non-hydrogen) atoms. The number of hydrogen-bond donors (Lipinski definition) is 0. The van der Waals surface area contributed by atoms with Crippen LogP contribution in [-0.4, -0.2) is 19.5 Å². The van der Waals surface area contributed by atoms with Crippen LogP contribution in [0.1, 0.15) is 20.8 Å². The number of sulfone groups is 1. The van der Waals surface area contributed by atoms with Crippen LogP contribution < -0.4 is 0 Å². The molecule has 0 amide bonds. The minimum absolute atomic E-state index is 0.0482. The first-order valence-electron chi connectivity index (χ1n) is 7.01. The van der Waals surface area contributed by atoms with E-state index in [0.717, 1.165) is 10.8 Å². The zero-order valence-electron chi connectivity index (χ0n) is 12.6. The molecule has 0 heterocycles. The van der Waals surface area contributed by atoms with Crippen molar-refractivity contribution in [2.24, 2.45) is 11.3 Å². The van der Waals surface area contributed by atoms with Crippen molar-refractivity contribution in [1.29, 1.82) is 0 Å². The van der Waals surface area contributed by atoms with Gasteiger partial charge in [0.2, 0.25) is 0 Å². The summed E-state index contributed by atoms with van der Waals surface area (Å²) < 4.78 is 25.3. The van der Waals surface area contributed by atoms with Crippen LogP contribution in [0.4, 0.5) is 0 Å². The number of hydrogen-bond acceptors (Lipinski definition) is 2. The van der Waals surface area contributed by atoms with E-state index < -0.39 is 9.84 Å². The monoisotopic (exact) mass is 368 g/mol. The summed E-state index contributed by atoms with van der Waals surface area (Å²) in [6.45, 7) is 6.23. The Kier molecular flexibility index (Phi) is 4.79. The van der Waals surface area contributed by atoms with Crippen molar-refractivity contribution in [3.63, 3.8) is 0 Å². The second-order valence-corrected chi connectivity index (χ2v) is 9.19. The maximum Gasteiger partial charge on any atom is 0.178 e. The van der Waals surface area contributed by atoms with Gasteiger partial charge in [-0.1, -0.05) is 67.0 Å². The minimum atomic E-state index is -3.28. The average Bonchev–Trinajstić information content (AvgIpc) is 2.43. The van der Waals surface area contributed by atoms with Crippen LogP contribution in [0.3, 0.4) is 0 Å². The highest BCUT2D eigenvalue weighted by Gasteiger charge is 2.29. The van der Waals surface area contributed by atoms with Gasteiger partial charge in [-0.15, -0.1) is 0 Å². The molecule has 4 heteroatoms. The zero-order valence-corrected chi connectivity index (χ0v) is 15.0. The average molecular weight is 369 g/mol. The second-order valence-electron chi connectivity index (χ2n) is 6.51. The summed E-state index contributed by atoms with van der Waals surface area (Å²) in [6, 6.07) is 13.2. The third-order valence-corrected chi connectivity index (χ3v) is 6.51. The van der Waals surface area contributed by atoms with Gasteiger partial charge in [0.1, 0.15) is 0 Å². The number of alkyl halides is 1. The lowest BCUT2D eigenvalue weighted by molar-refractivity contribution is 0.291. The van der Waals surface area contributed by atoms with Crippen molar-refractivity contribution in [2.45, 2.75) is 25.7 Å². The van der Waals surface area contributed by atoms with Gasteiger partial charge in [0, 0.05) is 5.33 Å². The Balaban J connectivity index is 2.37. The van der Waals surface area contributed by atoms with E-state index in [0.29, 0.717) is 10.2 Å². The van der Waals surface area contributed by atoms with Gasteiger partial charge >= 0.3 is 0 Å². The Morgan fingerprint density at radius 1 is 1.05 bits per heavy atom. The van der Waals surface area contributed by atoms with E-state index in [1.165, 1.54) is 0 Å². The van der Waals surface area contributed by atoms with Gasteiger partial charge in [-0.25, -0.2) is 8.42 Å². The number of benzene rings is 2. The molecule has 0 bridgehead atoms. The number of halogens is 1. The molecule has 0 spiro atoms. The summed E-state index contributed by atoms with van der Waals surface area (Å²) in [6.07, 6.45) is 0. The first-order valence-corrected chi connectivity index (χ1v) is 9.79. The highest BCUT2D eigenvalue weighted by atomic mass is 79.9. The molecule has 1 atom stereocenters. The lowest BCUT2D eigenvalue weighted by Crippen LogP contribution is -2.29. The Morgan fingerprint density at radius 2 is 1.67 bits per heavy atom. The number of fused-ring (bicyclic) bond motifs is 1. The summed E-state index contributed by atoms with van der Waals surface area (Å²) >= 11 is 3.45. The first kappa shape index (κ1) is 16.5. The van der Waals surface area contributed by atoms with Gasteiger partial charge in [-0.2, -0.15) is 0 Å². The molecule has 2 aromatic rings. The minimum Gasteiger partial charge on any atom is -0.224 e. The second kappa shape index (κ2) is 6.09. The van der Waals surface area contributed by atoms with Crippen LogP contribution in [0.5, 0.6) is 0 Å². The molecular weight excluding hydrogens is 348 g/mol. The molecule has 1 unspecified atom stereocenters. The van der Waals surface area contributed by atoms with Crippen LogP contribution in [0.25, 0.3) is 10.8 Å². The molecule has 2 rings (SSSR count). The predicted molar refractivity (Wildman–Crippen MR) is 92.7 cm³/mol. The standard InChI is InChI=1S/C17H21BrO2S/c1-17(2,3)15(11-18)12-21(19,20)16-9-8-13-6-4-5-7-14(13)10-16/h4-10,15H,11-12H2,1-3H3. The summed E-state index contributed by atoms with van der Waals surface area (Å²) in [5.41, 5.74) is -0.0482.